The number of nitrogens with one attached hydrogen (secondary N) is 1. The van der Waals surface area contributed by atoms with E-state index in [1.807, 2.05) is 44.2 Å². The third kappa shape index (κ3) is 2.61. The van der Waals surface area contributed by atoms with Gasteiger partial charge in [-0.05, 0) is 12.5 Å². The van der Waals surface area contributed by atoms with Gasteiger partial charge in [0.15, 0.2) is 5.54 Å². The highest BCUT2D eigenvalue weighted by atomic mass is 16.5. The van der Waals surface area contributed by atoms with E-state index in [2.05, 4.69) is 10.4 Å². The molecule has 1 aliphatic rings. The highest BCUT2D eigenvalue weighted by molar-refractivity contribution is 6.04. The summed E-state index contributed by atoms with van der Waals surface area (Å²) in [5.74, 6) is -0.150. The molecule has 0 spiro atoms. The third-order valence-electron chi connectivity index (χ3n) is 2.87. The number of rotatable bonds is 2. The van der Waals surface area contributed by atoms with E-state index in [0.717, 1.165) is 5.56 Å². The number of hydrazine groups is 1. The predicted octanol–water partition coefficient (Wildman–Crippen LogP) is 1.91. The van der Waals surface area contributed by atoms with E-state index in [1.165, 1.54) is 12.1 Å². The minimum Gasteiger partial charge on any atom is -0.467 e. The second kappa shape index (κ2) is 6.33. The van der Waals surface area contributed by atoms with E-state index in [9.17, 15) is 4.79 Å². The van der Waals surface area contributed by atoms with Crippen molar-refractivity contribution in [1.82, 2.24) is 10.4 Å². The third-order valence-corrected chi connectivity index (χ3v) is 2.87. The van der Waals surface area contributed by atoms with Crippen LogP contribution in [0.15, 0.2) is 35.3 Å². The van der Waals surface area contributed by atoms with Crippen molar-refractivity contribution in [2.75, 3.05) is 14.2 Å². The first-order valence-electron chi connectivity index (χ1n) is 6.35. The molecule has 0 fully saturated rings. The van der Waals surface area contributed by atoms with Crippen LogP contribution in [0.3, 0.4) is 0 Å². The van der Waals surface area contributed by atoms with Crippen LogP contribution >= 0.6 is 0 Å². The molecule has 0 saturated carbocycles. The molecule has 5 heteroatoms. The van der Waals surface area contributed by atoms with Gasteiger partial charge in [-0.15, -0.1) is 0 Å². The van der Waals surface area contributed by atoms with Crippen LogP contribution in [-0.4, -0.2) is 31.1 Å². The van der Waals surface area contributed by atoms with Gasteiger partial charge in [-0.25, -0.2) is 10.4 Å². The highest BCUT2D eigenvalue weighted by Crippen LogP contribution is 2.32. The zero-order valence-corrected chi connectivity index (χ0v) is 12.1. The van der Waals surface area contributed by atoms with Crippen LogP contribution in [0.5, 0.6) is 0 Å². The average molecular weight is 263 g/mol. The number of carbonyl (C=O) groups is 1. The molecule has 0 aromatic heterocycles. The van der Waals surface area contributed by atoms with Crippen molar-refractivity contribution in [3.63, 3.8) is 0 Å². The van der Waals surface area contributed by atoms with Gasteiger partial charge >= 0.3 is 6.02 Å². The van der Waals surface area contributed by atoms with E-state index in [0.29, 0.717) is 0 Å². The van der Waals surface area contributed by atoms with Gasteiger partial charge in [-0.3, -0.25) is 4.79 Å². The Morgan fingerprint density at radius 1 is 1.26 bits per heavy atom. The molecule has 1 aromatic rings. The minimum absolute atomic E-state index is 0.150. The summed E-state index contributed by atoms with van der Waals surface area (Å²) in [6.07, 6.45) is 0. The van der Waals surface area contributed by atoms with Gasteiger partial charge in [0.25, 0.3) is 5.91 Å². The van der Waals surface area contributed by atoms with Gasteiger partial charge < -0.3 is 4.74 Å². The molecule has 1 aliphatic heterocycles. The summed E-state index contributed by atoms with van der Waals surface area (Å²) in [5.41, 5.74) is 2.69. The van der Waals surface area contributed by atoms with Crippen LogP contribution < -0.4 is 5.43 Å². The molecule has 19 heavy (non-hydrogen) atoms. The summed E-state index contributed by atoms with van der Waals surface area (Å²) < 4.78 is 5.09. The first-order chi connectivity index (χ1) is 9.13. The van der Waals surface area contributed by atoms with Crippen LogP contribution in [-0.2, 0) is 15.1 Å². The van der Waals surface area contributed by atoms with Gasteiger partial charge in [0.1, 0.15) is 0 Å². The molecule has 1 amide bonds. The van der Waals surface area contributed by atoms with Crippen LogP contribution in [0.4, 0.5) is 0 Å². The lowest BCUT2D eigenvalue weighted by Gasteiger charge is -2.21. The van der Waals surface area contributed by atoms with Crippen molar-refractivity contribution in [3.8, 4) is 0 Å². The number of ether oxygens (including phenoxy) is 1. The van der Waals surface area contributed by atoms with Crippen LogP contribution in [0.1, 0.15) is 26.3 Å². The minimum atomic E-state index is -0.921. The predicted molar refractivity (Wildman–Crippen MR) is 75.5 cm³/mol. The molecule has 104 valence electrons. The smallest absolute Gasteiger partial charge is 0.310 e. The van der Waals surface area contributed by atoms with Gasteiger partial charge in [0, 0.05) is 7.05 Å². The number of methoxy groups -OCH3 is 1. The lowest BCUT2D eigenvalue weighted by atomic mass is 9.93. The maximum Gasteiger partial charge on any atom is 0.310 e. The summed E-state index contributed by atoms with van der Waals surface area (Å²) in [6.45, 7) is 5.78. The van der Waals surface area contributed by atoms with Crippen molar-refractivity contribution < 1.29 is 9.53 Å². The normalized spacial score (nSPS) is 21.6. The molecule has 0 bridgehead atoms. The van der Waals surface area contributed by atoms with E-state index < -0.39 is 5.54 Å². The number of benzene rings is 1. The maximum absolute atomic E-state index is 12.3. The Hall–Kier alpha value is -1.88. The number of hydrogen-bond donors (Lipinski definition) is 1. The van der Waals surface area contributed by atoms with E-state index in [4.69, 9.17) is 4.74 Å². The Labute approximate surface area is 114 Å². The SMILES string of the molecule is CC.CNN1C(=O)C(C)(c2ccccc2)N=C1OC. The Morgan fingerprint density at radius 3 is 2.26 bits per heavy atom. The fourth-order valence-corrected chi connectivity index (χ4v) is 1.88. The molecule has 0 radical (unpaired) electrons. The van der Waals surface area contributed by atoms with Crippen LogP contribution in [0.2, 0.25) is 0 Å². The molecular weight excluding hydrogens is 242 g/mol. The first kappa shape index (κ1) is 15.2. The highest BCUT2D eigenvalue weighted by Gasteiger charge is 2.46. The monoisotopic (exact) mass is 263 g/mol. The molecule has 5 nitrogen and oxygen atoms in total. The number of hydrogen-bond acceptors (Lipinski definition) is 4. The zero-order valence-electron chi connectivity index (χ0n) is 12.1. The molecule has 1 heterocycles. The quantitative estimate of drug-likeness (QED) is 0.886. The number of nitrogens with zero attached hydrogens (tertiary/aromatic N) is 2. The zero-order chi connectivity index (χ0) is 14.5. The summed E-state index contributed by atoms with van der Waals surface area (Å²) in [5, 5.41) is 1.31. The molecule has 1 unspecified atom stereocenters. The molecule has 1 N–H and O–H groups in total. The van der Waals surface area contributed by atoms with Crippen molar-refractivity contribution in [1.29, 1.82) is 0 Å². The molecule has 1 atom stereocenters. The van der Waals surface area contributed by atoms with Gasteiger partial charge in [-0.1, -0.05) is 44.2 Å². The van der Waals surface area contributed by atoms with Crippen LogP contribution in [0.25, 0.3) is 0 Å². The van der Waals surface area contributed by atoms with Crippen molar-refractivity contribution >= 4 is 11.9 Å². The number of aliphatic imine (C=N–C) groups is 1. The molecule has 0 aliphatic carbocycles. The van der Waals surface area contributed by atoms with E-state index >= 15 is 0 Å². The second-order valence-electron chi connectivity index (χ2n) is 3.90. The molecule has 2 rings (SSSR count). The average Bonchev–Trinajstić information content (AvgIpc) is 2.74. The van der Waals surface area contributed by atoms with Crippen LogP contribution in [0, 0.1) is 0 Å². The molecule has 1 aromatic carbocycles. The lowest BCUT2D eigenvalue weighted by Crippen LogP contribution is -2.46. The van der Waals surface area contributed by atoms with Gasteiger partial charge in [0.2, 0.25) is 0 Å². The Balaban J connectivity index is 0.000000861. The molecular formula is C14H21N3O2. The fraction of sp³-hybridized carbons (Fsp3) is 0.429. The molecule has 0 saturated heterocycles. The van der Waals surface area contributed by atoms with E-state index in [-0.39, 0.29) is 11.9 Å². The van der Waals surface area contributed by atoms with Crippen molar-refractivity contribution in [2.24, 2.45) is 4.99 Å². The van der Waals surface area contributed by atoms with Crippen molar-refractivity contribution in [2.45, 2.75) is 26.3 Å². The van der Waals surface area contributed by atoms with Crippen molar-refractivity contribution in [3.05, 3.63) is 35.9 Å². The summed E-state index contributed by atoms with van der Waals surface area (Å²) in [7, 11) is 3.15. The number of carbonyl (C=O) groups excluding carboxylic acids is 1. The fourth-order valence-electron chi connectivity index (χ4n) is 1.88. The maximum atomic E-state index is 12.3. The van der Waals surface area contributed by atoms with Gasteiger partial charge in [-0.2, -0.15) is 5.01 Å². The summed E-state index contributed by atoms with van der Waals surface area (Å²) in [6, 6.07) is 9.73. The standard InChI is InChI=1S/C12H15N3O2.C2H6/c1-12(9-7-5-4-6-8-9)10(16)15(13-2)11(14-12)17-3;1-2/h4-8,13H,1-3H3;1-2H3. The topological polar surface area (TPSA) is 53.9 Å². The first-order valence-corrected chi connectivity index (χ1v) is 6.35. The lowest BCUT2D eigenvalue weighted by molar-refractivity contribution is -0.133. The van der Waals surface area contributed by atoms with Gasteiger partial charge in [0.05, 0.1) is 7.11 Å². The Morgan fingerprint density at radius 2 is 1.84 bits per heavy atom. The second-order valence-corrected chi connectivity index (χ2v) is 3.90. The number of amidine groups is 1. The summed E-state index contributed by atoms with van der Waals surface area (Å²) >= 11 is 0. The Kier molecular flexibility index (Phi) is 5.06. The number of amides is 1. The van der Waals surface area contributed by atoms with E-state index in [1.54, 1.807) is 14.0 Å². The largest absolute Gasteiger partial charge is 0.467 e. The summed E-state index contributed by atoms with van der Waals surface area (Å²) in [4.78, 5) is 16.6. The Bertz CT molecular complexity index is 459.